The lowest BCUT2D eigenvalue weighted by molar-refractivity contribution is -0.139. The Bertz CT molecular complexity index is 362. The Kier molecular flexibility index (Phi) is 10.1. The van der Waals surface area contributed by atoms with Crippen LogP contribution in [0.25, 0.3) is 0 Å². The van der Waals surface area contributed by atoms with E-state index in [4.69, 9.17) is 11.5 Å². The predicted octanol–water partition coefficient (Wildman–Crippen LogP) is 1.27. The van der Waals surface area contributed by atoms with Gasteiger partial charge in [0.1, 0.15) is 6.04 Å². The van der Waals surface area contributed by atoms with E-state index in [0.29, 0.717) is 0 Å². The molecule has 2 atom stereocenters. The van der Waals surface area contributed by atoms with E-state index in [-0.39, 0.29) is 12.5 Å². The number of nitrogens with zero attached hydrogens (tertiary/aromatic N) is 1. The number of rotatable bonds is 10. The minimum Gasteiger partial charge on any atom is -0.480 e. The zero-order valence-electron chi connectivity index (χ0n) is 13.2. The molecule has 0 aromatic heterocycles. The summed E-state index contributed by atoms with van der Waals surface area (Å²) in [5.41, 5.74) is 0. The molecule has 0 radical (unpaired) electrons. The number of aliphatic carboxylic acids is 1. The number of hydrogen-bond donors (Lipinski definition) is 3. The van der Waals surface area contributed by atoms with Gasteiger partial charge in [0.15, 0.2) is 0 Å². The van der Waals surface area contributed by atoms with E-state index in [9.17, 15) is 9.59 Å². The molecule has 0 heterocycles. The van der Waals surface area contributed by atoms with Crippen LogP contribution in [0.5, 0.6) is 0 Å². The summed E-state index contributed by atoms with van der Waals surface area (Å²) >= 11 is 0. The van der Waals surface area contributed by atoms with Gasteiger partial charge in [0.2, 0.25) is 0 Å². The number of terminal acetylenes is 1. The average Bonchev–Trinajstić information content (AvgIpc) is 2.43. The average molecular weight is 297 g/mol. The summed E-state index contributed by atoms with van der Waals surface area (Å²) in [7, 11) is 0. The summed E-state index contributed by atoms with van der Waals surface area (Å²) in [5, 5.41) is 14.0. The molecule has 6 nitrogen and oxygen atoms in total. The number of carbonyl (C=O) groups is 2. The van der Waals surface area contributed by atoms with Crippen molar-refractivity contribution in [1.82, 2.24) is 15.5 Å². The molecule has 0 fully saturated rings. The monoisotopic (exact) mass is 297 g/mol. The Labute approximate surface area is 127 Å². The van der Waals surface area contributed by atoms with Crippen LogP contribution in [0, 0.1) is 12.3 Å². The second-order valence-electron chi connectivity index (χ2n) is 4.99. The van der Waals surface area contributed by atoms with Crippen LogP contribution in [0.2, 0.25) is 0 Å². The maximum absolute atomic E-state index is 11.7. The lowest BCUT2D eigenvalue weighted by Gasteiger charge is -2.20. The molecule has 0 saturated carbocycles. The van der Waals surface area contributed by atoms with Crippen molar-refractivity contribution >= 4 is 12.0 Å². The van der Waals surface area contributed by atoms with Crippen molar-refractivity contribution in [2.24, 2.45) is 0 Å². The molecule has 2 unspecified atom stereocenters. The molecule has 0 rings (SSSR count). The Morgan fingerprint density at radius 2 is 1.90 bits per heavy atom. The van der Waals surface area contributed by atoms with Crippen molar-refractivity contribution < 1.29 is 14.7 Å². The van der Waals surface area contributed by atoms with Gasteiger partial charge in [0.05, 0.1) is 0 Å². The van der Waals surface area contributed by atoms with Crippen LogP contribution in [0.1, 0.15) is 40.0 Å². The van der Waals surface area contributed by atoms with Gasteiger partial charge in [-0.25, -0.2) is 9.59 Å². The molecule has 6 heteroatoms. The fourth-order valence-corrected chi connectivity index (χ4v) is 1.97. The van der Waals surface area contributed by atoms with Gasteiger partial charge < -0.3 is 20.6 Å². The van der Waals surface area contributed by atoms with Gasteiger partial charge in [-0.1, -0.05) is 13.8 Å². The van der Waals surface area contributed by atoms with E-state index in [2.05, 4.69) is 35.3 Å². The molecular formula is C15H27N3O3. The molecule has 0 aromatic rings. The molecule has 120 valence electrons. The third kappa shape index (κ3) is 8.92. The lowest BCUT2D eigenvalue weighted by atomic mass is 10.1. The molecule has 3 N–H and O–H groups in total. The first kappa shape index (κ1) is 19.3. The van der Waals surface area contributed by atoms with Crippen LogP contribution < -0.4 is 10.6 Å². The molecule has 0 aliphatic rings. The number of carbonyl (C=O) groups excluding carboxylic acids is 1. The zero-order valence-corrected chi connectivity index (χ0v) is 13.2. The summed E-state index contributed by atoms with van der Waals surface area (Å²) in [4.78, 5) is 24.9. The van der Waals surface area contributed by atoms with E-state index in [0.717, 1.165) is 32.5 Å². The highest BCUT2D eigenvalue weighted by molar-refractivity contribution is 5.82. The Hall–Kier alpha value is -1.74. The molecular weight excluding hydrogens is 270 g/mol. The van der Waals surface area contributed by atoms with Crippen molar-refractivity contribution in [3.05, 3.63) is 0 Å². The first-order chi connectivity index (χ1) is 9.94. The minimum absolute atomic E-state index is 0.0131. The summed E-state index contributed by atoms with van der Waals surface area (Å²) < 4.78 is 0. The summed E-state index contributed by atoms with van der Waals surface area (Å²) in [6.45, 7) is 9.18. The topological polar surface area (TPSA) is 81.7 Å². The fourth-order valence-electron chi connectivity index (χ4n) is 1.97. The molecule has 2 amide bonds. The first-order valence-electron chi connectivity index (χ1n) is 7.40. The van der Waals surface area contributed by atoms with Gasteiger partial charge in [-0.15, -0.1) is 12.3 Å². The van der Waals surface area contributed by atoms with Crippen molar-refractivity contribution in [1.29, 1.82) is 0 Å². The number of nitrogens with one attached hydrogen (secondary N) is 2. The quantitative estimate of drug-likeness (QED) is 0.530. The van der Waals surface area contributed by atoms with Gasteiger partial charge in [-0.05, 0) is 39.4 Å². The van der Waals surface area contributed by atoms with Crippen LogP contribution in [0.15, 0.2) is 0 Å². The predicted molar refractivity (Wildman–Crippen MR) is 83.0 cm³/mol. The van der Waals surface area contributed by atoms with Gasteiger partial charge >= 0.3 is 12.0 Å². The Morgan fingerprint density at radius 1 is 1.29 bits per heavy atom. The van der Waals surface area contributed by atoms with E-state index in [1.807, 2.05) is 6.92 Å². The number of urea groups is 1. The number of carboxylic acids is 1. The zero-order chi connectivity index (χ0) is 16.3. The second kappa shape index (κ2) is 11.0. The third-order valence-electron chi connectivity index (χ3n) is 3.31. The van der Waals surface area contributed by atoms with Crippen LogP contribution >= 0.6 is 0 Å². The highest BCUT2D eigenvalue weighted by Gasteiger charge is 2.19. The standard InChI is InChI=1S/C15H27N3O3/c1-5-9-13(14(19)20)17-15(21)16-12(4)10-8-11-18(6-2)7-3/h1,12-13H,6-11H2,2-4H3,(H,19,20)(H2,16,17,21). The van der Waals surface area contributed by atoms with Crippen molar-refractivity contribution in [3.8, 4) is 12.3 Å². The molecule has 21 heavy (non-hydrogen) atoms. The van der Waals surface area contributed by atoms with Gasteiger partial charge in [0, 0.05) is 12.5 Å². The SMILES string of the molecule is C#CCC(NC(=O)NC(C)CCCN(CC)CC)C(=O)O. The fraction of sp³-hybridized carbons (Fsp3) is 0.733. The maximum atomic E-state index is 11.7. The minimum atomic E-state index is -1.13. The van der Waals surface area contributed by atoms with Crippen molar-refractivity contribution in [3.63, 3.8) is 0 Å². The number of hydrogen-bond acceptors (Lipinski definition) is 3. The van der Waals surface area contributed by atoms with Crippen molar-refractivity contribution in [2.45, 2.75) is 52.1 Å². The third-order valence-corrected chi connectivity index (χ3v) is 3.31. The summed E-state index contributed by atoms with van der Waals surface area (Å²) in [6, 6.07) is -1.55. The second-order valence-corrected chi connectivity index (χ2v) is 4.99. The van der Waals surface area contributed by atoms with Crippen LogP contribution in [0.4, 0.5) is 4.79 Å². The number of amides is 2. The van der Waals surface area contributed by atoms with E-state index < -0.39 is 18.0 Å². The van der Waals surface area contributed by atoms with Crippen LogP contribution in [-0.4, -0.2) is 53.7 Å². The molecule has 0 bridgehead atoms. The lowest BCUT2D eigenvalue weighted by Crippen LogP contribution is -2.48. The van der Waals surface area contributed by atoms with E-state index >= 15 is 0 Å². The highest BCUT2D eigenvalue weighted by atomic mass is 16.4. The molecule has 0 aliphatic carbocycles. The Balaban J connectivity index is 4.03. The smallest absolute Gasteiger partial charge is 0.327 e. The van der Waals surface area contributed by atoms with E-state index in [1.165, 1.54) is 0 Å². The van der Waals surface area contributed by atoms with Gasteiger partial charge in [0.25, 0.3) is 0 Å². The highest BCUT2D eigenvalue weighted by Crippen LogP contribution is 2.00. The van der Waals surface area contributed by atoms with E-state index in [1.54, 1.807) is 0 Å². The van der Waals surface area contributed by atoms with Gasteiger partial charge in [-0.3, -0.25) is 0 Å². The van der Waals surface area contributed by atoms with Gasteiger partial charge in [-0.2, -0.15) is 0 Å². The Morgan fingerprint density at radius 3 is 2.38 bits per heavy atom. The summed E-state index contributed by atoms with van der Waals surface area (Å²) in [6.07, 6.45) is 6.87. The molecule has 0 spiro atoms. The largest absolute Gasteiger partial charge is 0.480 e. The summed E-state index contributed by atoms with van der Waals surface area (Å²) in [5.74, 6) is 1.11. The first-order valence-corrected chi connectivity index (χ1v) is 7.40. The van der Waals surface area contributed by atoms with Crippen molar-refractivity contribution in [2.75, 3.05) is 19.6 Å². The molecule has 0 saturated heterocycles. The molecule has 0 aromatic carbocycles. The van der Waals surface area contributed by atoms with Crippen LogP contribution in [-0.2, 0) is 4.79 Å². The van der Waals surface area contributed by atoms with Crippen LogP contribution in [0.3, 0.4) is 0 Å². The molecule has 0 aliphatic heterocycles. The maximum Gasteiger partial charge on any atom is 0.327 e. The number of carboxylic acid groups (broad SMARTS) is 1. The normalized spacial score (nSPS) is 13.3.